The third-order valence-electron chi connectivity index (χ3n) is 3.95. The van der Waals surface area contributed by atoms with Gasteiger partial charge < -0.3 is 30.4 Å². The van der Waals surface area contributed by atoms with Gasteiger partial charge in [-0.2, -0.15) is 11.8 Å². The number of oxime groups is 1. The molecule has 0 amide bonds. The van der Waals surface area contributed by atoms with Crippen LogP contribution in [0, 0.1) is 0 Å². The molecule has 1 fully saturated rings. The maximum absolute atomic E-state index is 9.98. The van der Waals surface area contributed by atoms with Crippen LogP contribution < -0.4 is 0 Å². The number of aliphatic hydroxyl groups is 4. The number of rotatable bonds is 10. The first-order valence-corrected chi connectivity index (χ1v) is 10.5. The van der Waals surface area contributed by atoms with Crippen molar-refractivity contribution in [2.45, 2.75) is 68.4 Å². The lowest BCUT2D eigenvalue weighted by molar-refractivity contribution is -0.205. The molecule has 0 radical (unpaired) electrons. The van der Waals surface area contributed by atoms with E-state index in [0.29, 0.717) is 11.5 Å². The van der Waals surface area contributed by atoms with Crippen molar-refractivity contribution in [2.24, 2.45) is 5.16 Å². The summed E-state index contributed by atoms with van der Waals surface area (Å²) in [6.45, 7) is -0.469. The minimum atomic E-state index is -1.41. The van der Waals surface area contributed by atoms with Crippen LogP contribution in [0.4, 0.5) is 0 Å². The Labute approximate surface area is 151 Å². The molecule has 0 aromatic carbocycles. The van der Waals surface area contributed by atoms with Crippen LogP contribution in [-0.2, 0) is 4.74 Å². The molecule has 0 spiro atoms. The zero-order valence-electron chi connectivity index (χ0n) is 14.0. The Hall–Kier alpha value is -0.0300. The molecule has 0 saturated carbocycles. The number of nitrogens with zero attached hydrogens (tertiary/aromatic N) is 1. The van der Waals surface area contributed by atoms with Crippen molar-refractivity contribution in [3.8, 4) is 0 Å². The first-order chi connectivity index (χ1) is 11.5. The number of hydrogen-bond acceptors (Lipinski definition) is 9. The van der Waals surface area contributed by atoms with Gasteiger partial charge in [0.2, 0.25) is 0 Å². The van der Waals surface area contributed by atoms with Crippen LogP contribution in [-0.4, -0.2) is 79.1 Å². The van der Waals surface area contributed by atoms with E-state index in [-0.39, 0.29) is 0 Å². The molecule has 9 heteroatoms. The quantitative estimate of drug-likeness (QED) is 0.125. The van der Waals surface area contributed by atoms with Crippen molar-refractivity contribution in [2.75, 3.05) is 18.6 Å². The van der Waals surface area contributed by atoms with Gasteiger partial charge in [-0.25, -0.2) is 0 Å². The molecule has 1 heterocycles. The van der Waals surface area contributed by atoms with Gasteiger partial charge in [0, 0.05) is 0 Å². The molecule has 5 N–H and O–H groups in total. The maximum atomic E-state index is 9.98. The third-order valence-corrected chi connectivity index (χ3v) is 5.83. The van der Waals surface area contributed by atoms with Crippen LogP contribution in [0.2, 0.25) is 0 Å². The van der Waals surface area contributed by atoms with Gasteiger partial charge in [0.25, 0.3) is 0 Å². The number of thioether (sulfide) groups is 2. The second-order valence-corrected chi connectivity index (χ2v) is 7.98. The molecule has 1 aliphatic rings. The summed E-state index contributed by atoms with van der Waals surface area (Å²) in [7, 11) is 0. The molecule has 0 bridgehead atoms. The Morgan fingerprint density at radius 1 is 1.00 bits per heavy atom. The SMILES string of the molecule is CSCCCCCCC/C(=N\O)SC1OC(CO)C(O)C(O)C1O. The first kappa shape index (κ1) is 22.0. The predicted molar refractivity (Wildman–Crippen MR) is 96.7 cm³/mol. The van der Waals surface area contributed by atoms with E-state index in [2.05, 4.69) is 11.4 Å². The summed E-state index contributed by atoms with van der Waals surface area (Å²) >= 11 is 2.86. The molecule has 7 nitrogen and oxygen atoms in total. The van der Waals surface area contributed by atoms with Crippen molar-refractivity contribution in [1.82, 2.24) is 0 Å². The maximum Gasteiger partial charge on any atom is 0.138 e. The van der Waals surface area contributed by atoms with Gasteiger partial charge in [0.1, 0.15) is 34.9 Å². The molecular weight excluding hydrogens is 354 g/mol. The molecule has 142 valence electrons. The van der Waals surface area contributed by atoms with Crippen LogP contribution in [0.5, 0.6) is 0 Å². The van der Waals surface area contributed by atoms with Crippen molar-refractivity contribution in [3.05, 3.63) is 0 Å². The van der Waals surface area contributed by atoms with Crippen molar-refractivity contribution < 1.29 is 30.4 Å². The zero-order valence-corrected chi connectivity index (χ0v) is 15.6. The average Bonchev–Trinajstić information content (AvgIpc) is 2.59. The highest BCUT2D eigenvalue weighted by atomic mass is 32.2. The van der Waals surface area contributed by atoms with Gasteiger partial charge in [-0.3, -0.25) is 0 Å². The van der Waals surface area contributed by atoms with Crippen LogP contribution in [0.3, 0.4) is 0 Å². The van der Waals surface area contributed by atoms with Gasteiger partial charge in [0.15, 0.2) is 0 Å². The molecule has 24 heavy (non-hydrogen) atoms. The van der Waals surface area contributed by atoms with Gasteiger partial charge >= 0.3 is 0 Å². The third kappa shape index (κ3) is 7.07. The van der Waals surface area contributed by atoms with Crippen LogP contribution in [0.25, 0.3) is 0 Å². The number of hydrogen-bond donors (Lipinski definition) is 5. The van der Waals surface area contributed by atoms with Crippen molar-refractivity contribution >= 4 is 28.6 Å². The average molecular weight is 384 g/mol. The summed E-state index contributed by atoms with van der Waals surface area (Å²) in [6, 6.07) is 0. The highest BCUT2D eigenvalue weighted by Gasteiger charge is 2.44. The highest BCUT2D eigenvalue weighted by molar-refractivity contribution is 8.14. The van der Waals surface area contributed by atoms with Crippen molar-refractivity contribution in [1.29, 1.82) is 0 Å². The minimum absolute atomic E-state index is 0.406. The molecule has 1 saturated heterocycles. The van der Waals surface area contributed by atoms with E-state index >= 15 is 0 Å². The smallest absolute Gasteiger partial charge is 0.138 e. The molecule has 5 unspecified atom stereocenters. The van der Waals surface area contributed by atoms with E-state index in [1.54, 1.807) is 0 Å². The molecule has 5 atom stereocenters. The summed E-state index contributed by atoms with van der Waals surface area (Å²) in [4.78, 5) is 0. The van der Waals surface area contributed by atoms with Gasteiger partial charge in [-0.1, -0.05) is 36.2 Å². The lowest BCUT2D eigenvalue weighted by Gasteiger charge is -2.39. The van der Waals surface area contributed by atoms with Crippen molar-refractivity contribution in [3.63, 3.8) is 0 Å². The Kier molecular flexibility index (Phi) is 11.3. The topological polar surface area (TPSA) is 123 Å². The monoisotopic (exact) mass is 383 g/mol. The van der Waals surface area contributed by atoms with Gasteiger partial charge in [-0.15, -0.1) is 0 Å². The van der Waals surface area contributed by atoms with E-state index in [1.807, 2.05) is 11.8 Å². The molecular formula is C15H29NO6S2. The highest BCUT2D eigenvalue weighted by Crippen LogP contribution is 2.30. The molecule has 0 aromatic heterocycles. The second kappa shape index (κ2) is 12.3. The van der Waals surface area contributed by atoms with E-state index in [4.69, 9.17) is 15.1 Å². The standard InChI is InChI=1S/C15H29NO6S2/c1-23-8-6-4-2-3-5-7-11(16-21)24-15-14(20)13(19)12(18)10(9-17)22-15/h10,12-15,17-21H,2-9H2,1H3/b16-11+. The van der Waals surface area contributed by atoms with Crippen LogP contribution in [0.15, 0.2) is 5.16 Å². The number of ether oxygens (including phenoxy) is 1. The second-order valence-electron chi connectivity index (χ2n) is 5.82. The lowest BCUT2D eigenvalue weighted by atomic mass is 10.0. The molecule has 0 aliphatic carbocycles. The van der Waals surface area contributed by atoms with E-state index in [9.17, 15) is 15.3 Å². The lowest BCUT2D eigenvalue weighted by Crippen LogP contribution is -2.57. The zero-order chi connectivity index (χ0) is 17.9. The summed E-state index contributed by atoms with van der Waals surface area (Å²) in [5.74, 6) is 1.18. The Morgan fingerprint density at radius 2 is 1.67 bits per heavy atom. The fraction of sp³-hybridized carbons (Fsp3) is 0.933. The normalized spacial score (nSPS) is 31.4. The molecule has 1 aliphatic heterocycles. The molecule has 0 aromatic rings. The fourth-order valence-electron chi connectivity index (χ4n) is 2.48. The number of unbranched alkanes of at least 4 members (excludes halogenated alkanes) is 4. The van der Waals surface area contributed by atoms with Gasteiger partial charge in [0.05, 0.1) is 6.61 Å². The largest absolute Gasteiger partial charge is 0.410 e. The Morgan fingerprint density at radius 3 is 2.29 bits per heavy atom. The Bertz CT molecular complexity index is 372. The van der Waals surface area contributed by atoms with E-state index in [0.717, 1.165) is 31.0 Å². The van der Waals surface area contributed by atoms with Crippen LogP contribution >= 0.6 is 23.5 Å². The fourth-order valence-corrected chi connectivity index (χ4v) is 4.05. The van der Waals surface area contributed by atoms with Crippen LogP contribution in [0.1, 0.15) is 38.5 Å². The minimum Gasteiger partial charge on any atom is -0.410 e. The summed E-state index contributed by atoms with van der Waals surface area (Å²) in [5, 5.41) is 51.4. The summed E-state index contributed by atoms with van der Waals surface area (Å²) in [5.41, 5.74) is -0.895. The molecule has 1 rings (SSSR count). The first-order valence-electron chi connectivity index (χ1n) is 8.22. The summed E-state index contributed by atoms with van der Waals surface area (Å²) < 4.78 is 5.39. The van der Waals surface area contributed by atoms with Gasteiger partial charge in [-0.05, 0) is 31.3 Å². The number of aliphatic hydroxyl groups excluding tert-OH is 4. The summed E-state index contributed by atoms with van der Waals surface area (Å²) in [6.07, 6.45) is 3.01. The van der Waals surface area contributed by atoms with E-state index in [1.165, 1.54) is 18.6 Å². The Balaban J connectivity index is 2.36. The van der Waals surface area contributed by atoms with E-state index < -0.39 is 36.5 Å². The predicted octanol–water partition coefficient (Wildman–Crippen LogP) is 1.01.